The number of ether oxygens (including phenoxy) is 1. The molecule has 1 aromatic carbocycles. The zero-order valence-electron chi connectivity index (χ0n) is 11.0. The molecule has 0 fully saturated rings. The van der Waals surface area contributed by atoms with Gasteiger partial charge in [0.25, 0.3) is 6.01 Å². The van der Waals surface area contributed by atoms with Gasteiger partial charge in [-0.1, -0.05) is 0 Å². The summed E-state index contributed by atoms with van der Waals surface area (Å²) in [6.07, 6.45) is -0.0528. The van der Waals surface area contributed by atoms with Crippen LogP contribution in [-0.2, 0) is 4.74 Å². The molecule has 108 valence electrons. The number of nitrogens with zero attached hydrogens (tertiary/aromatic N) is 1. The van der Waals surface area contributed by atoms with E-state index in [1.54, 1.807) is 6.07 Å². The largest absolute Gasteiger partial charge is 0.478 e. The highest BCUT2D eigenvalue weighted by Gasteiger charge is 2.10. The lowest BCUT2D eigenvalue weighted by Gasteiger charge is -2.08. The Hall–Kier alpha value is -2.12. The highest BCUT2D eigenvalue weighted by atomic mass is 16.5. The van der Waals surface area contributed by atoms with Crippen LogP contribution in [0.15, 0.2) is 22.6 Å². The van der Waals surface area contributed by atoms with E-state index in [9.17, 15) is 9.90 Å². The van der Waals surface area contributed by atoms with Crippen LogP contribution in [0.5, 0.6) is 0 Å². The van der Waals surface area contributed by atoms with Crippen molar-refractivity contribution in [3.63, 3.8) is 0 Å². The summed E-state index contributed by atoms with van der Waals surface area (Å²) in [5.41, 5.74) is 1.13. The molecule has 0 bridgehead atoms. The van der Waals surface area contributed by atoms with Crippen molar-refractivity contribution in [2.24, 2.45) is 0 Å². The second kappa shape index (κ2) is 6.36. The predicted octanol–water partition coefficient (Wildman–Crippen LogP) is 1.34. The number of oxazole rings is 1. The zero-order chi connectivity index (χ0) is 14.5. The van der Waals surface area contributed by atoms with Crippen LogP contribution in [-0.4, -0.2) is 47.5 Å². The molecule has 7 nitrogen and oxygen atoms in total. The summed E-state index contributed by atoms with van der Waals surface area (Å²) in [6.45, 7) is 0.750. The van der Waals surface area contributed by atoms with Gasteiger partial charge in [-0.25, -0.2) is 4.79 Å². The number of carboxylic acids is 1. The van der Waals surface area contributed by atoms with Gasteiger partial charge >= 0.3 is 5.97 Å². The maximum atomic E-state index is 10.8. The minimum absolute atomic E-state index is 0.149. The van der Waals surface area contributed by atoms with Gasteiger partial charge in [-0.15, -0.1) is 0 Å². The molecule has 1 atom stereocenters. The molecule has 0 spiro atoms. The molecule has 0 aliphatic heterocycles. The number of anilines is 1. The zero-order valence-corrected chi connectivity index (χ0v) is 11.0. The van der Waals surface area contributed by atoms with Gasteiger partial charge in [-0.3, -0.25) is 0 Å². The predicted molar refractivity (Wildman–Crippen MR) is 72.0 cm³/mol. The van der Waals surface area contributed by atoms with E-state index in [2.05, 4.69) is 10.3 Å². The lowest BCUT2D eigenvalue weighted by atomic mass is 10.2. The number of nitrogens with one attached hydrogen (secondary N) is 1. The summed E-state index contributed by atoms with van der Waals surface area (Å²) in [7, 11) is 1.53. The first-order chi connectivity index (χ1) is 9.60. The number of aromatic carboxylic acids is 1. The number of aliphatic hydroxyl groups is 1. The Bertz CT molecular complexity index is 595. The molecule has 2 aromatic rings. The third kappa shape index (κ3) is 3.46. The molecule has 0 aliphatic carbocycles. The molecule has 20 heavy (non-hydrogen) atoms. The molecule has 7 heteroatoms. The summed E-state index contributed by atoms with van der Waals surface area (Å²) in [4.78, 5) is 15.0. The number of aromatic nitrogens is 1. The molecule has 1 aromatic heterocycles. The minimum Gasteiger partial charge on any atom is -0.478 e. The van der Waals surface area contributed by atoms with Crippen LogP contribution >= 0.6 is 0 Å². The highest BCUT2D eigenvalue weighted by molar-refractivity contribution is 5.92. The average molecular weight is 280 g/mol. The Labute approximate surface area is 115 Å². The van der Waals surface area contributed by atoms with Crippen LogP contribution in [0.1, 0.15) is 16.8 Å². The first-order valence-corrected chi connectivity index (χ1v) is 6.15. The van der Waals surface area contributed by atoms with Gasteiger partial charge < -0.3 is 24.7 Å². The topological polar surface area (TPSA) is 105 Å². The summed E-state index contributed by atoms with van der Waals surface area (Å²) in [5.74, 6) is -1.01. The standard InChI is InChI=1S/C13H16N2O5/c1-19-7-9(16)4-5-14-13-15-10-3-2-8(12(17)18)6-11(10)20-13/h2-3,6,9,16H,4-5,7H2,1H3,(H,14,15)(H,17,18). The van der Waals surface area contributed by atoms with Gasteiger partial charge in [-0.2, -0.15) is 4.98 Å². The van der Waals surface area contributed by atoms with Crippen molar-refractivity contribution >= 4 is 23.1 Å². The van der Waals surface area contributed by atoms with Crippen molar-refractivity contribution in [1.29, 1.82) is 0 Å². The lowest BCUT2D eigenvalue weighted by Crippen LogP contribution is -2.18. The average Bonchev–Trinajstić information content (AvgIpc) is 2.80. The molecular weight excluding hydrogens is 264 g/mol. The van der Waals surface area contributed by atoms with Crippen LogP contribution < -0.4 is 5.32 Å². The molecule has 0 aliphatic rings. The van der Waals surface area contributed by atoms with Gasteiger partial charge in [0.2, 0.25) is 0 Å². The van der Waals surface area contributed by atoms with Crippen molar-refractivity contribution in [2.75, 3.05) is 25.6 Å². The summed E-state index contributed by atoms with van der Waals surface area (Å²) < 4.78 is 10.2. The summed E-state index contributed by atoms with van der Waals surface area (Å²) in [6, 6.07) is 4.79. The van der Waals surface area contributed by atoms with E-state index < -0.39 is 12.1 Å². The Kier molecular flexibility index (Phi) is 4.54. The number of carboxylic acid groups (broad SMARTS) is 1. The Balaban J connectivity index is 1.99. The number of carbonyl (C=O) groups is 1. The molecule has 0 saturated carbocycles. The third-order valence-corrected chi connectivity index (χ3v) is 2.75. The van der Waals surface area contributed by atoms with Gasteiger partial charge in [0.1, 0.15) is 5.52 Å². The lowest BCUT2D eigenvalue weighted by molar-refractivity contribution is 0.0614. The summed E-state index contributed by atoms with van der Waals surface area (Å²) in [5, 5.41) is 21.3. The molecule has 3 N–H and O–H groups in total. The van der Waals surface area contributed by atoms with Crippen LogP contribution in [0, 0.1) is 0 Å². The normalized spacial score (nSPS) is 12.5. The Morgan fingerprint density at radius 1 is 1.55 bits per heavy atom. The van der Waals surface area contributed by atoms with E-state index in [1.165, 1.54) is 19.2 Å². The van der Waals surface area contributed by atoms with Gasteiger partial charge in [-0.05, 0) is 24.6 Å². The van der Waals surface area contributed by atoms with E-state index in [0.29, 0.717) is 30.1 Å². The van der Waals surface area contributed by atoms with Crippen molar-refractivity contribution in [3.05, 3.63) is 23.8 Å². The SMILES string of the molecule is COCC(O)CCNc1nc2ccc(C(=O)O)cc2o1. The highest BCUT2D eigenvalue weighted by Crippen LogP contribution is 2.20. The van der Waals surface area contributed by atoms with Crippen molar-refractivity contribution < 1.29 is 24.2 Å². The molecule has 2 rings (SSSR count). The number of hydrogen-bond donors (Lipinski definition) is 3. The monoisotopic (exact) mass is 280 g/mol. The van der Waals surface area contributed by atoms with Crippen LogP contribution in [0.2, 0.25) is 0 Å². The number of fused-ring (bicyclic) bond motifs is 1. The van der Waals surface area contributed by atoms with Crippen LogP contribution in [0.3, 0.4) is 0 Å². The van der Waals surface area contributed by atoms with Crippen molar-refractivity contribution in [3.8, 4) is 0 Å². The Morgan fingerprint density at radius 2 is 2.35 bits per heavy atom. The van der Waals surface area contributed by atoms with Crippen LogP contribution in [0.4, 0.5) is 6.01 Å². The third-order valence-electron chi connectivity index (χ3n) is 2.75. The van der Waals surface area contributed by atoms with Crippen LogP contribution in [0.25, 0.3) is 11.1 Å². The number of methoxy groups -OCH3 is 1. The van der Waals surface area contributed by atoms with E-state index in [4.69, 9.17) is 14.3 Å². The second-order valence-corrected chi connectivity index (χ2v) is 4.33. The maximum absolute atomic E-state index is 10.8. The van der Waals surface area contributed by atoms with E-state index in [1.807, 2.05) is 0 Å². The fourth-order valence-electron chi connectivity index (χ4n) is 1.75. The number of hydrogen-bond acceptors (Lipinski definition) is 6. The quantitative estimate of drug-likeness (QED) is 0.702. The maximum Gasteiger partial charge on any atom is 0.335 e. The fourth-order valence-corrected chi connectivity index (χ4v) is 1.75. The first kappa shape index (κ1) is 14.3. The molecule has 1 unspecified atom stereocenters. The Morgan fingerprint density at radius 3 is 3.05 bits per heavy atom. The van der Waals surface area contributed by atoms with E-state index >= 15 is 0 Å². The number of rotatable bonds is 7. The van der Waals surface area contributed by atoms with Crippen molar-refractivity contribution in [2.45, 2.75) is 12.5 Å². The van der Waals surface area contributed by atoms with Crippen molar-refractivity contribution in [1.82, 2.24) is 4.98 Å². The van der Waals surface area contributed by atoms with Gasteiger partial charge in [0, 0.05) is 13.7 Å². The fraction of sp³-hybridized carbons (Fsp3) is 0.385. The van der Waals surface area contributed by atoms with E-state index in [0.717, 1.165) is 0 Å². The second-order valence-electron chi connectivity index (χ2n) is 4.33. The molecular formula is C13H16N2O5. The van der Waals surface area contributed by atoms with Gasteiger partial charge in [0.05, 0.1) is 18.3 Å². The molecule has 1 heterocycles. The minimum atomic E-state index is -1.01. The summed E-state index contributed by atoms with van der Waals surface area (Å²) >= 11 is 0. The number of benzene rings is 1. The van der Waals surface area contributed by atoms with E-state index in [-0.39, 0.29) is 12.2 Å². The number of aliphatic hydroxyl groups excluding tert-OH is 1. The molecule has 0 radical (unpaired) electrons. The molecule has 0 saturated heterocycles. The van der Waals surface area contributed by atoms with Gasteiger partial charge in [0.15, 0.2) is 5.58 Å². The smallest absolute Gasteiger partial charge is 0.335 e. The first-order valence-electron chi connectivity index (χ1n) is 6.15. The molecule has 0 amide bonds.